The molecule has 4 aromatic heterocycles. The van der Waals surface area contributed by atoms with E-state index in [0.717, 1.165) is 46.8 Å². The molecule has 0 spiro atoms. The van der Waals surface area contributed by atoms with E-state index in [2.05, 4.69) is 60.5 Å². The Hall–Kier alpha value is -4.77. The van der Waals surface area contributed by atoms with Gasteiger partial charge < -0.3 is 24.5 Å². The summed E-state index contributed by atoms with van der Waals surface area (Å²) in [6.07, 6.45) is 5.20. The van der Waals surface area contributed by atoms with Crippen LogP contribution >= 0.6 is 0 Å². The number of anilines is 3. The molecular formula is C27H26N8O3. The first-order chi connectivity index (χ1) is 18.5. The van der Waals surface area contributed by atoms with Gasteiger partial charge in [-0.3, -0.25) is 10.3 Å². The fourth-order valence-corrected chi connectivity index (χ4v) is 4.68. The number of amides is 2. The summed E-state index contributed by atoms with van der Waals surface area (Å²) in [5.41, 5.74) is 4.66. The second-order valence-electron chi connectivity index (χ2n) is 9.28. The first-order valence-corrected chi connectivity index (χ1v) is 12.3. The molecular weight excluding hydrogens is 484 g/mol. The molecule has 1 fully saturated rings. The molecule has 5 heterocycles. The van der Waals surface area contributed by atoms with E-state index in [1.165, 1.54) is 0 Å². The molecule has 1 saturated heterocycles. The van der Waals surface area contributed by atoms with Crippen molar-refractivity contribution in [2.45, 2.75) is 26.1 Å². The topological polar surface area (TPSA) is 134 Å². The number of aromatic nitrogens is 5. The zero-order valence-electron chi connectivity index (χ0n) is 20.9. The van der Waals surface area contributed by atoms with Crippen molar-refractivity contribution in [2.24, 2.45) is 0 Å². The van der Waals surface area contributed by atoms with Gasteiger partial charge in [-0.2, -0.15) is 0 Å². The largest absolute Gasteiger partial charge is 0.372 e. The van der Waals surface area contributed by atoms with Crippen LogP contribution in [0.25, 0.3) is 33.5 Å². The molecule has 1 aliphatic rings. The Morgan fingerprint density at radius 3 is 2.61 bits per heavy atom. The van der Waals surface area contributed by atoms with Gasteiger partial charge in [0.15, 0.2) is 0 Å². The van der Waals surface area contributed by atoms with Gasteiger partial charge in [0, 0.05) is 48.5 Å². The number of rotatable bonds is 5. The van der Waals surface area contributed by atoms with E-state index in [1.807, 2.05) is 30.3 Å². The van der Waals surface area contributed by atoms with Gasteiger partial charge in [0.2, 0.25) is 5.88 Å². The average Bonchev–Trinajstić information content (AvgIpc) is 3.56. The number of aromatic amines is 1. The van der Waals surface area contributed by atoms with Gasteiger partial charge in [0.25, 0.3) is 0 Å². The van der Waals surface area contributed by atoms with Crippen LogP contribution in [0.2, 0.25) is 0 Å². The van der Waals surface area contributed by atoms with Crippen LogP contribution in [0.1, 0.15) is 13.8 Å². The van der Waals surface area contributed by atoms with E-state index in [0.29, 0.717) is 11.4 Å². The van der Waals surface area contributed by atoms with E-state index in [1.54, 1.807) is 30.9 Å². The molecule has 2 amide bonds. The van der Waals surface area contributed by atoms with Crippen molar-refractivity contribution >= 4 is 34.5 Å². The number of ether oxygens (including phenoxy) is 1. The smallest absolute Gasteiger partial charge is 0.326 e. The summed E-state index contributed by atoms with van der Waals surface area (Å²) < 4.78 is 11.1. The van der Waals surface area contributed by atoms with Gasteiger partial charge >= 0.3 is 6.03 Å². The van der Waals surface area contributed by atoms with E-state index in [9.17, 15) is 4.79 Å². The molecule has 0 bridgehead atoms. The van der Waals surface area contributed by atoms with Crippen LogP contribution in [0.3, 0.4) is 0 Å². The van der Waals surface area contributed by atoms with Crippen molar-refractivity contribution in [1.82, 2.24) is 25.1 Å². The summed E-state index contributed by atoms with van der Waals surface area (Å²) in [6, 6.07) is 14.5. The quantitative estimate of drug-likeness (QED) is 0.303. The molecule has 2 unspecified atom stereocenters. The Morgan fingerprint density at radius 1 is 1.03 bits per heavy atom. The Bertz CT molecular complexity index is 1550. The van der Waals surface area contributed by atoms with E-state index < -0.39 is 6.03 Å². The zero-order chi connectivity index (χ0) is 26.1. The van der Waals surface area contributed by atoms with Gasteiger partial charge in [-0.05, 0) is 49.7 Å². The number of fused-ring (bicyclic) bond motifs is 1. The van der Waals surface area contributed by atoms with Crippen LogP contribution in [0.5, 0.6) is 0 Å². The lowest BCUT2D eigenvalue weighted by Crippen LogP contribution is -2.45. The molecule has 5 aromatic rings. The third-order valence-electron chi connectivity index (χ3n) is 6.28. The molecule has 2 atom stereocenters. The molecule has 0 aliphatic carbocycles. The minimum Gasteiger partial charge on any atom is -0.372 e. The molecule has 11 heteroatoms. The highest BCUT2D eigenvalue weighted by atomic mass is 16.5. The number of urea groups is 1. The molecule has 1 aliphatic heterocycles. The van der Waals surface area contributed by atoms with Crippen LogP contribution in [-0.2, 0) is 4.74 Å². The summed E-state index contributed by atoms with van der Waals surface area (Å²) in [7, 11) is 0. The Kier molecular flexibility index (Phi) is 6.18. The maximum absolute atomic E-state index is 12.5. The van der Waals surface area contributed by atoms with Crippen molar-refractivity contribution < 1.29 is 14.1 Å². The van der Waals surface area contributed by atoms with Crippen LogP contribution in [0.4, 0.5) is 22.2 Å². The first kappa shape index (κ1) is 23.6. The molecule has 11 nitrogen and oxygen atoms in total. The van der Waals surface area contributed by atoms with Crippen LogP contribution in [-0.4, -0.2) is 56.4 Å². The van der Waals surface area contributed by atoms with Gasteiger partial charge in [-0.25, -0.2) is 14.8 Å². The predicted octanol–water partition coefficient (Wildman–Crippen LogP) is 4.93. The lowest BCUT2D eigenvalue weighted by molar-refractivity contribution is -0.00537. The summed E-state index contributed by atoms with van der Waals surface area (Å²) in [5, 5.41) is 10.4. The van der Waals surface area contributed by atoms with Crippen molar-refractivity contribution in [1.29, 1.82) is 0 Å². The van der Waals surface area contributed by atoms with Gasteiger partial charge in [0.1, 0.15) is 23.5 Å². The van der Waals surface area contributed by atoms with Crippen LogP contribution in [0.15, 0.2) is 71.8 Å². The highest BCUT2D eigenvalue weighted by Crippen LogP contribution is 2.31. The van der Waals surface area contributed by atoms with Crippen LogP contribution in [0, 0.1) is 0 Å². The maximum atomic E-state index is 12.5. The number of carbonyl (C=O) groups is 1. The monoisotopic (exact) mass is 510 g/mol. The molecule has 6 rings (SSSR count). The SMILES string of the molecule is CC1CN(c2ncnc3[nH]c(-c4ccc(NC(=O)Nc5cc(-c6cccnc6)no5)cc4)cc23)CC(C)O1. The summed E-state index contributed by atoms with van der Waals surface area (Å²) in [4.78, 5) is 31.2. The van der Waals surface area contributed by atoms with E-state index in [4.69, 9.17) is 9.26 Å². The summed E-state index contributed by atoms with van der Waals surface area (Å²) >= 11 is 0. The van der Waals surface area contributed by atoms with E-state index >= 15 is 0 Å². The second kappa shape index (κ2) is 9.94. The highest BCUT2D eigenvalue weighted by molar-refractivity contribution is 5.99. The molecule has 0 radical (unpaired) electrons. The maximum Gasteiger partial charge on any atom is 0.326 e. The Labute approximate surface area is 218 Å². The van der Waals surface area contributed by atoms with Gasteiger partial charge in [-0.15, -0.1) is 0 Å². The number of H-pyrrole nitrogens is 1. The summed E-state index contributed by atoms with van der Waals surface area (Å²) in [5.74, 6) is 1.13. The van der Waals surface area contributed by atoms with Crippen molar-refractivity contribution in [2.75, 3.05) is 28.6 Å². The molecule has 0 saturated carbocycles. The van der Waals surface area contributed by atoms with Crippen LogP contribution < -0.4 is 15.5 Å². The fourth-order valence-electron chi connectivity index (χ4n) is 4.68. The predicted molar refractivity (Wildman–Crippen MR) is 144 cm³/mol. The number of nitrogens with one attached hydrogen (secondary N) is 3. The fraction of sp³-hybridized carbons (Fsp3) is 0.222. The highest BCUT2D eigenvalue weighted by Gasteiger charge is 2.25. The van der Waals surface area contributed by atoms with E-state index in [-0.39, 0.29) is 18.1 Å². The molecule has 1 aromatic carbocycles. The molecule has 38 heavy (non-hydrogen) atoms. The number of hydrogen-bond acceptors (Lipinski definition) is 8. The number of morpholine rings is 1. The lowest BCUT2D eigenvalue weighted by atomic mass is 10.1. The molecule has 192 valence electrons. The Morgan fingerprint density at radius 2 is 1.84 bits per heavy atom. The Balaban J connectivity index is 1.14. The third kappa shape index (κ3) is 4.91. The van der Waals surface area contributed by atoms with Crippen molar-refractivity contribution in [3.8, 4) is 22.5 Å². The minimum absolute atomic E-state index is 0.131. The third-order valence-corrected chi connectivity index (χ3v) is 6.28. The first-order valence-electron chi connectivity index (χ1n) is 12.3. The second-order valence-corrected chi connectivity index (χ2v) is 9.28. The standard InChI is InChI=1S/C27H26N8O3/c1-16-13-35(14-17(2)37-16)26-21-10-22(32-25(21)29-15-30-26)18-5-7-20(8-6-18)31-27(36)33-24-11-23(34-38-24)19-4-3-9-28-12-19/h3-12,15-17H,13-14H2,1-2H3,(H,29,30,32)(H2,31,33,36). The molecule has 3 N–H and O–H groups in total. The number of benzene rings is 1. The minimum atomic E-state index is -0.439. The number of carbonyl (C=O) groups excluding carboxylic acids is 1. The number of pyridine rings is 1. The van der Waals surface area contributed by atoms with Gasteiger partial charge in [-0.1, -0.05) is 17.3 Å². The number of hydrogen-bond donors (Lipinski definition) is 3. The van der Waals surface area contributed by atoms with Crippen molar-refractivity contribution in [3.63, 3.8) is 0 Å². The van der Waals surface area contributed by atoms with Crippen molar-refractivity contribution in [3.05, 3.63) is 67.3 Å². The van der Waals surface area contributed by atoms with Gasteiger partial charge in [0.05, 0.1) is 17.6 Å². The summed E-state index contributed by atoms with van der Waals surface area (Å²) in [6.45, 7) is 5.70. The number of nitrogens with zero attached hydrogens (tertiary/aromatic N) is 5. The normalized spacial score (nSPS) is 17.5. The zero-order valence-corrected chi connectivity index (χ0v) is 20.9. The lowest BCUT2D eigenvalue weighted by Gasteiger charge is -2.36. The average molecular weight is 511 g/mol.